The fraction of sp³-hybridized carbons (Fsp3) is 0.318. The average Bonchev–Trinajstić information content (AvgIpc) is 2.99. The lowest BCUT2D eigenvalue weighted by Gasteiger charge is -2.41. The molecule has 0 saturated heterocycles. The second-order valence-corrected chi connectivity index (χ2v) is 17.1. The van der Waals surface area contributed by atoms with E-state index in [0.29, 0.717) is 0 Å². The van der Waals surface area contributed by atoms with Crippen molar-refractivity contribution in [1.82, 2.24) is 0 Å². The SMILES string of the molecule is CC(C)(C)c1ccc(N2c3ccc(C(C)(C)C)cc3B3c4cc(C(C)(C)C)ccc4Oc4cc(-c5ccc6c(c5)CC6)cc2c43)cc1. The number of benzene rings is 5. The van der Waals surface area contributed by atoms with E-state index < -0.39 is 0 Å². The Morgan fingerprint density at radius 2 is 1.13 bits per heavy atom. The molecular weight excluding hydrogens is 569 g/mol. The molecule has 0 unspecified atom stereocenters. The van der Waals surface area contributed by atoms with Crippen molar-refractivity contribution in [2.24, 2.45) is 0 Å². The van der Waals surface area contributed by atoms with Crippen LogP contribution in [0.3, 0.4) is 0 Å². The predicted octanol–water partition coefficient (Wildman–Crippen LogP) is 9.75. The normalized spacial score (nSPS) is 14.8. The van der Waals surface area contributed by atoms with Crippen LogP contribution in [0.25, 0.3) is 11.1 Å². The van der Waals surface area contributed by atoms with Gasteiger partial charge in [-0.05, 0) is 121 Å². The molecular formula is C44H46BNO. The first kappa shape index (κ1) is 30.1. The molecule has 2 heterocycles. The molecule has 3 heteroatoms. The van der Waals surface area contributed by atoms with Gasteiger partial charge in [0.2, 0.25) is 0 Å². The number of anilines is 3. The summed E-state index contributed by atoms with van der Waals surface area (Å²) in [4.78, 5) is 2.50. The Morgan fingerprint density at radius 3 is 1.74 bits per heavy atom. The number of aryl methyl sites for hydroxylation is 2. The minimum Gasteiger partial charge on any atom is -0.458 e. The molecule has 1 aliphatic carbocycles. The minimum atomic E-state index is 0.0251. The number of hydrogen-bond acceptors (Lipinski definition) is 2. The Kier molecular flexibility index (Phi) is 6.49. The van der Waals surface area contributed by atoms with E-state index in [2.05, 4.69) is 158 Å². The summed E-state index contributed by atoms with van der Waals surface area (Å²) in [5.41, 5.74) is 17.1. The van der Waals surface area contributed by atoms with Gasteiger partial charge in [0.05, 0.1) is 0 Å². The van der Waals surface area contributed by atoms with E-state index >= 15 is 0 Å². The van der Waals surface area contributed by atoms with Crippen molar-refractivity contribution in [2.75, 3.05) is 4.90 Å². The van der Waals surface area contributed by atoms with Gasteiger partial charge in [0, 0.05) is 17.1 Å². The van der Waals surface area contributed by atoms with Crippen LogP contribution in [-0.2, 0) is 29.1 Å². The summed E-state index contributed by atoms with van der Waals surface area (Å²) < 4.78 is 6.96. The molecule has 0 spiro atoms. The first-order valence-electron chi connectivity index (χ1n) is 17.3. The van der Waals surface area contributed by atoms with Crippen LogP contribution in [0.4, 0.5) is 17.1 Å². The van der Waals surface area contributed by atoms with Crippen LogP contribution < -0.4 is 26.0 Å². The van der Waals surface area contributed by atoms with Gasteiger partial charge in [-0.1, -0.05) is 117 Å². The zero-order valence-electron chi connectivity index (χ0n) is 29.5. The van der Waals surface area contributed by atoms with Crippen molar-refractivity contribution in [3.05, 3.63) is 119 Å². The molecule has 0 N–H and O–H groups in total. The molecule has 47 heavy (non-hydrogen) atoms. The van der Waals surface area contributed by atoms with Gasteiger partial charge in [-0.3, -0.25) is 0 Å². The van der Waals surface area contributed by atoms with Crippen LogP contribution in [0, 0.1) is 0 Å². The predicted molar refractivity (Wildman–Crippen MR) is 201 cm³/mol. The van der Waals surface area contributed by atoms with Gasteiger partial charge >= 0.3 is 0 Å². The van der Waals surface area contributed by atoms with E-state index in [1.807, 2.05) is 0 Å². The second kappa shape index (κ2) is 10.1. The zero-order chi connectivity index (χ0) is 33.0. The quantitative estimate of drug-likeness (QED) is 0.180. The third-order valence-corrected chi connectivity index (χ3v) is 10.7. The van der Waals surface area contributed by atoms with Crippen molar-refractivity contribution in [1.29, 1.82) is 0 Å². The highest BCUT2D eigenvalue weighted by Crippen LogP contribution is 2.45. The summed E-state index contributed by atoms with van der Waals surface area (Å²) in [6.45, 7) is 20.8. The average molecular weight is 616 g/mol. The first-order valence-corrected chi connectivity index (χ1v) is 17.3. The molecule has 3 aliphatic rings. The number of rotatable bonds is 2. The topological polar surface area (TPSA) is 12.5 Å². The molecule has 0 saturated carbocycles. The monoisotopic (exact) mass is 615 g/mol. The van der Waals surface area contributed by atoms with Crippen molar-refractivity contribution < 1.29 is 4.74 Å². The smallest absolute Gasteiger partial charge is 0.256 e. The maximum atomic E-state index is 6.96. The molecule has 2 aliphatic heterocycles. The summed E-state index contributed by atoms with van der Waals surface area (Å²) in [5.74, 6) is 1.93. The largest absolute Gasteiger partial charge is 0.458 e. The summed E-state index contributed by atoms with van der Waals surface area (Å²) in [5, 5.41) is 0. The van der Waals surface area contributed by atoms with Crippen LogP contribution in [0.1, 0.15) is 90.1 Å². The maximum absolute atomic E-state index is 6.96. The summed E-state index contributed by atoms with van der Waals surface area (Å²) >= 11 is 0. The van der Waals surface area contributed by atoms with Crippen LogP contribution in [0.2, 0.25) is 0 Å². The van der Waals surface area contributed by atoms with Crippen molar-refractivity contribution >= 4 is 40.2 Å². The molecule has 5 aromatic rings. The first-order chi connectivity index (χ1) is 22.2. The van der Waals surface area contributed by atoms with Crippen LogP contribution in [0.15, 0.2) is 91.0 Å². The number of hydrogen-bond donors (Lipinski definition) is 0. The van der Waals surface area contributed by atoms with Crippen LogP contribution in [0.5, 0.6) is 11.5 Å². The van der Waals surface area contributed by atoms with E-state index in [1.54, 1.807) is 0 Å². The van der Waals surface area contributed by atoms with Gasteiger partial charge in [-0.2, -0.15) is 0 Å². The second-order valence-electron chi connectivity index (χ2n) is 17.1. The molecule has 0 fully saturated rings. The Bertz CT molecular complexity index is 2070. The molecule has 0 atom stereocenters. The third kappa shape index (κ3) is 4.93. The van der Waals surface area contributed by atoms with E-state index in [4.69, 9.17) is 4.74 Å². The molecule has 0 radical (unpaired) electrons. The fourth-order valence-electron chi connectivity index (χ4n) is 7.62. The van der Waals surface area contributed by atoms with E-state index in [-0.39, 0.29) is 23.0 Å². The van der Waals surface area contributed by atoms with Gasteiger partial charge in [-0.15, -0.1) is 0 Å². The van der Waals surface area contributed by atoms with Crippen LogP contribution in [-0.4, -0.2) is 6.71 Å². The lowest BCUT2D eigenvalue weighted by Crippen LogP contribution is -2.60. The van der Waals surface area contributed by atoms with Crippen molar-refractivity contribution in [2.45, 2.75) is 91.4 Å². The zero-order valence-corrected chi connectivity index (χ0v) is 29.5. The van der Waals surface area contributed by atoms with Crippen LogP contribution >= 0.6 is 0 Å². The van der Waals surface area contributed by atoms with E-state index in [1.165, 1.54) is 85.2 Å². The summed E-state index contributed by atoms with van der Waals surface area (Å²) in [7, 11) is 0. The van der Waals surface area contributed by atoms with Crippen molar-refractivity contribution in [3.8, 4) is 22.6 Å². The molecule has 0 bridgehead atoms. The third-order valence-electron chi connectivity index (χ3n) is 10.7. The Labute approximate surface area is 281 Å². The number of ether oxygens (including phenoxy) is 1. The molecule has 2 nitrogen and oxygen atoms in total. The maximum Gasteiger partial charge on any atom is 0.256 e. The minimum absolute atomic E-state index is 0.0251. The molecule has 236 valence electrons. The lowest BCUT2D eigenvalue weighted by molar-refractivity contribution is 0.486. The Morgan fingerprint density at radius 1 is 0.511 bits per heavy atom. The highest BCUT2D eigenvalue weighted by molar-refractivity contribution is 6.99. The van der Waals surface area contributed by atoms with E-state index in [9.17, 15) is 0 Å². The van der Waals surface area contributed by atoms with Crippen molar-refractivity contribution in [3.63, 3.8) is 0 Å². The molecule has 5 aromatic carbocycles. The van der Waals surface area contributed by atoms with Gasteiger partial charge in [0.15, 0.2) is 0 Å². The standard InChI is InChI=1S/C44H46BNO/c1-42(2,3)31-14-18-34(19-15-31)46-37-20-16-32(43(4,5)6)25-35(37)45-36-26-33(44(7,8)9)17-21-39(36)47-40-24-30(23-38(46)41(40)45)29-13-11-27-10-12-28(27)22-29/h11,13-26H,10,12H2,1-9H3. The van der Waals surface area contributed by atoms with E-state index in [0.717, 1.165) is 11.5 Å². The number of nitrogens with zero attached hydrogens (tertiary/aromatic N) is 1. The summed E-state index contributed by atoms with van der Waals surface area (Å²) in [6, 6.07) is 35.0. The summed E-state index contributed by atoms with van der Waals surface area (Å²) in [6.07, 6.45) is 2.35. The highest BCUT2D eigenvalue weighted by atomic mass is 16.5. The van der Waals surface area contributed by atoms with Gasteiger partial charge in [0.25, 0.3) is 6.71 Å². The highest BCUT2D eigenvalue weighted by Gasteiger charge is 2.43. The lowest BCUT2D eigenvalue weighted by atomic mass is 9.33. The Hall–Kier alpha value is -4.24. The molecule has 8 rings (SSSR count). The van der Waals surface area contributed by atoms with Gasteiger partial charge in [0.1, 0.15) is 11.5 Å². The number of fused-ring (bicyclic) bond motifs is 5. The fourth-order valence-corrected chi connectivity index (χ4v) is 7.62. The molecule has 0 aromatic heterocycles. The van der Waals surface area contributed by atoms with Gasteiger partial charge < -0.3 is 9.64 Å². The molecule has 0 amide bonds. The Balaban J connectivity index is 1.42. The van der Waals surface area contributed by atoms with Gasteiger partial charge in [-0.25, -0.2) is 0 Å².